The second-order valence-electron chi connectivity index (χ2n) is 4.49. The number of rotatable bonds is 1. The Kier molecular flexibility index (Phi) is 4.06. The molecule has 0 spiro atoms. The fourth-order valence-electron chi connectivity index (χ4n) is 2.16. The largest absolute Gasteiger partial charge is 0.453 e. The Morgan fingerprint density at radius 3 is 2.40 bits per heavy atom. The van der Waals surface area contributed by atoms with Crippen LogP contribution in [0, 0.1) is 0 Å². The second-order valence-corrected chi connectivity index (χ2v) is 4.49. The molecule has 0 bridgehead atoms. The fraction of sp³-hybridized carbons (Fsp3) is 0.462. The third kappa shape index (κ3) is 3.15. The molecular weight excluding hydrogens is 273 g/mol. The van der Waals surface area contributed by atoms with Gasteiger partial charge in [-0.05, 0) is 18.2 Å². The summed E-state index contributed by atoms with van der Waals surface area (Å²) < 4.78 is 42.6. The Balaban J connectivity index is 2.06. The van der Waals surface area contributed by atoms with Gasteiger partial charge in [-0.3, -0.25) is 0 Å². The lowest BCUT2D eigenvalue weighted by molar-refractivity contribution is -0.137. The molecule has 1 aliphatic heterocycles. The summed E-state index contributed by atoms with van der Waals surface area (Å²) in [5.74, 6) is 0. The van der Waals surface area contributed by atoms with Crippen LogP contribution in [-0.2, 0) is 10.9 Å². The summed E-state index contributed by atoms with van der Waals surface area (Å²) in [6.07, 6.45) is -4.75. The van der Waals surface area contributed by atoms with E-state index >= 15 is 0 Å². The quantitative estimate of drug-likeness (QED) is 0.796. The highest BCUT2D eigenvalue weighted by Gasteiger charge is 2.31. The van der Waals surface area contributed by atoms with E-state index in [0.717, 1.165) is 12.1 Å². The monoisotopic (exact) mass is 288 g/mol. The van der Waals surface area contributed by atoms with Crippen molar-refractivity contribution in [2.75, 3.05) is 38.2 Å². The van der Waals surface area contributed by atoms with Gasteiger partial charge in [-0.15, -0.1) is 0 Å². The molecule has 0 aromatic heterocycles. The molecule has 1 aliphatic rings. The van der Waals surface area contributed by atoms with Crippen LogP contribution in [0.15, 0.2) is 24.3 Å². The number of amides is 1. The molecule has 1 amide bonds. The number of carbonyl (C=O) groups excluding carboxylic acids is 1. The molecular formula is C13H15F3N2O2. The standard InChI is InChI=1S/C13H15F3N2O2/c1-20-12(19)18-7-5-17(6-8-18)11-4-2-3-10(9-11)13(14,15)16/h2-4,9H,5-8H2,1H3. The van der Waals surface area contributed by atoms with Gasteiger partial charge in [0.05, 0.1) is 12.7 Å². The molecule has 20 heavy (non-hydrogen) atoms. The van der Waals surface area contributed by atoms with Crippen LogP contribution in [0.1, 0.15) is 5.56 Å². The van der Waals surface area contributed by atoms with Crippen molar-refractivity contribution >= 4 is 11.8 Å². The molecule has 7 heteroatoms. The minimum atomic E-state index is -4.34. The van der Waals surface area contributed by atoms with Crippen LogP contribution in [0.2, 0.25) is 0 Å². The van der Waals surface area contributed by atoms with E-state index in [1.54, 1.807) is 6.07 Å². The first kappa shape index (κ1) is 14.5. The first-order valence-electron chi connectivity index (χ1n) is 6.17. The molecule has 0 unspecified atom stereocenters. The molecule has 0 N–H and O–H groups in total. The fourth-order valence-corrected chi connectivity index (χ4v) is 2.16. The number of ether oxygens (including phenoxy) is 1. The maximum absolute atomic E-state index is 12.7. The number of methoxy groups -OCH3 is 1. The topological polar surface area (TPSA) is 32.8 Å². The van der Waals surface area contributed by atoms with Gasteiger partial charge >= 0.3 is 12.3 Å². The minimum Gasteiger partial charge on any atom is -0.453 e. The lowest BCUT2D eigenvalue weighted by Crippen LogP contribution is -2.48. The lowest BCUT2D eigenvalue weighted by Gasteiger charge is -2.35. The molecule has 1 fully saturated rings. The van der Waals surface area contributed by atoms with Gasteiger partial charge in [0.2, 0.25) is 0 Å². The van der Waals surface area contributed by atoms with Gasteiger partial charge in [0.15, 0.2) is 0 Å². The predicted octanol–water partition coefficient (Wildman–Crippen LogP) is 2.59. The average molecular weight is 288 g/mol. The molecule has 0 radical (unpaired) electrons. The minimum absolute atomic E-state index is 0.409. The van der Waals surface area contributed by atoms with Crippen LogP contribution >= 0.6 is 0 Å². The summed E-state index contributed by atoms with van der Waals surface area (Å²) in [5, 5.41) is 0. The summed E-state index contributed by atoms with van der Waals surface area (Å²) in [6.45, 7) is 1.83. The van der Waals surface area contributed by atoms with Gasteiger partial charge in [0.25, 0.3) is 0 Å². The molecule has 4 nitrogen and oxygen atoms in total. The van der Waals surface area contributed by atoms with E-state index in [0.29, 0.717) is 31.9 Å². The molecule has 110 valence electrons. The van der Waals surface area contributed by atoms with Gasteiger partial charge in [-0.25, -0.2) is 4.79 Å². The van der Waals surface area contributed by atoms with Crippen molar-refractivity contribution in [3.8, 4) is 0 Å². The normalized spacial score (nSPS) is 16.2. The van der Waals surface area contributed by atoms with Gasteiger partial charge in [-0.1, -0.05) is 6.07 Å². The number of piperazine rings is 1. The first-order valence-corrected chi connectivity index (χ1v) is 6.17. The van der Waals surface area contributed by atoms with E-state index in [9.17, 15) is 18.0 Å². The zero-order valence-corrected chi connectivity index (χ0v) is 11.0. The molecule has 1 aromatic carbocycles. The summed E-state index contributed by atoms with van der Waals surface area (Å²) in [4.78, 5) is 14.7. The van der Waals surface area contributed by atoms with E-state index < -0.39 is 17.8 Å². The van der Waals surface area contributed by atoms with Crippen LogP contribution in [0.25, 0.3) is 0 Å². The van der Waals surface area contributed by atoms with Crippen molar-refractivity contribution < 1.29 is 22.7 Å². The molecule has 0 aliphatic carbocycles. The third-order valence-electron chi connectivity index (χ3n) is 3.25. The zero-order chi connectivity index (χ0) is 14.8. The molecule has 1 heterocycles. The summed E-state index contributed by atoms with van der Waals surface area (Å²) in [5.41, 5.74) is -0.144. The van der Waals surface area contributed by atoms with E-state index in [1.807, 2.05) is 4.90 Å². The predicted molar refractivity (Wildman–Crippen MR) is 67.6 cm³/mol. The average Bonchev–Trinajstić information content (AvgIpc) is 2.46. The number of benzene rings is 1. The Morgan fingerprint density at radius 2 is 1.85 bits per heavy atom. The molecule has 0 saturated carbocycles. The van der Waals surface area contributed by atoms with Crippen LogP contribution in [-0.4, -0.2) is 44.3 Å². The van der Waals surface area contributed by atoms with E-state index in [-0.39, 0.29) is 0 Å². The highest BCUT2D eigenvalue weighted by Crippen LogP contribution is 2.31. The maximum atomic E-state index is 12.7. The SMILES string of the molecule is COC(=O)N1CCN(c2cccc(C(F)(F)F)c2)CC1. The summed E-state index contributed by atoms with van der Waals surface area (Å²) >= 11 is 0. The number of nitrogens with zero attached hydrogens (tertiary/aromatic N) is 2. The summed E-state index contributed by atoms with van der Waals surface area (Å²) in [6, 6.07) is 5.22. The highest BCUT2D eigenvalue weighted by molar-refractivity contribution is 5.68. The third-order valence-corrected chi connectivity index (χ3v) is 3.25. The highest BCUT2D eigenvalue weighted by atomic mass is 19.4. The molecule has 1 aromatic rings. The van der Waals surface area contributed by atoms with E-state index in [2.05, 4.69) is 4.74 Å². The smallest absolute Gasteiger partial charge is 0.416 e. The van der Waals surface area contributed by atoms with Crippen molar-refractivity contribution in [1.29, 1.82) is 0 Å². The van der Waals surface area contributed by atoms with E-state index in [4.69, 9.17) is 0 Å². The number of halogens is 3. The van der Waals surface area contributed by atoms with Crippen LogP contribution in [0.4, 0.5) is 23.7 Å². The molecule has 0 atom stereocenters. The second kappa shape index (κ2) is 5.60. The lowest BCUT2D eigenvalue weighted by atomic mass is 10.1. The molecule has 1 saturated heterocycles. The summed E-state index contributed by atoms with van der Waals surface area (Å²) in [7, 11) is 1.31. The van der Waals surface area contributed by atoms with Crippen LogP contribution in [0.5, 0.6) is 0 Å². The Bertz CT molecular complexity index is 483. The number of hydrogen-bond acceptors (Lipinski definition) is 3. The van der Waals surface area contributed by atoms with Gasteiger partial charge in [0.1, 0.15) is 0 Å². The van der Waals surface area contributed by atoms with Crippen molar-refractivity contribution in [2.24, 2.45) is 0 Å². The van der Waals surface area contributed by atoms with Crippen molar-refractivity contribution in [3.05, 3.63) is 29.8 Å². The first-order chi connectivity index (χ1) is 9.41. The van der Waals surface area contributed by atoms with Gasteiger partial charge in [0, 0.05) is 31.9 Å². The number of hydrogen-bond donors (Lipinski definition) is 0. The Hall–Kier alpha value is -1.92. The van der Waals surface area contributed by atoms with Crippen molar-refractivity contribution in [2.45, 2.75) is 6.18 Å². The molecule has 2 rings (SSSR count). The van der Waals surface area contributed by atoms with E-state index in [1.165, 1.54) is 18.1 Å². The van der Waals surface area contributed by atoms with Gasteiger partial charge in [-0.2, -0.15) is 13.2 Å². The van der Waals surface area contributed by atoms with Crippen LogP contribution in [0.3, 0.4) is 0 Å². The maximum Gasteiger partial charge on any atom is 0.416 e. The van der Waals surface area contributed by atoms with Crippen LogP contribution < -0.4 is 4.90 Å². The Morgan fingerprint density at radius 1 is 1.20 bits per heavy atom. The van der Waals surface area contributed by atoms with Crippen molar-refractivity contribution in [1.82, 2.24) is 4.90 Å². The van der Waals surface area contributed by atoms with Crippen molar-refractivity contribution in [3.63, 3.8) is 0 Å². The zero-order valence-electron chi connectivity index (χ0n) is 11.0. The number of alkyl halides is 3. The van der Waals surface area contributed by atoms with Gasteiger partial charge < -0.3 is 14.5 Å². The number of carbonyl (C=O) groups is 1. The number of anilines is 1. The Labute approximate surface area is 114 Å².